The SMILES string of the molecule is CN(c1cccc(F)c1)c1ccc(N)c(OC(C)(C)C)n1. The molecule has 112 valence electrons. The van der Waals surface area contributed by atoms with Gasteiger partial charge in [-0.25, -0.2) is 4.39 Å². The van der Waals surface area contributed by atoms with Crippen molar-refractivity contribution in [2.75, 3.05) is 17.7 Å². The lowest BCUT2D eigenvalue weighted by atomic mass is 10.2. The van der Waals surface area contributed by atoms with Crippen LogP contribution in [0.5, 0.6) is 5.88 Å². The van der Waals surface area contributed by atoms with Crippen molar-refractivity contribution in [2.24, 2.45) is 0 Å². The van der Waals surface area contributed by atoms with Crippen LogP contribution in [0, 0.1) is 5.82 Å². The molecule has 2 N–H and O–H groups in total. The smallest absolute Gasteiger partial charge is 0.239 e. The molecular weight excluding hydrogens is 269 g/mol. The zero-order valence-corrected chi connectivity index (χ0v) is 12.7. The van der Waals surface area contributed by atoms with E-state index in [1.54, 1.807) is 23.1 Å². The van der Waals surface area contributed by atoms with Crippen LogP contribution in [0.1, 0.15) is 20.8 Å². The van der Waals surface area contributed by atoms with E-state index in [2.05, 4.69) is 4.98 Å². The summed E-state index contributed by atoms with van der Waals surface area (Å²) in [6.07, 6.45) is 0. The molecule has 0 saturated heterocycles. The Balaban J connectivity index is 2.34. The third-order valence-corrected chi connectivity index (χ3v) is 2.82. The lowest BCUT2D eigenvalue weighted by Crippen LogP contribution is -2.24. The number of benzene rings is 1. The first-order valence-corrected chi connectivity index (χ1v) is 6.71. The lowest BCUT2D eigenvalue weighted by molar-refractivity contribution is 0.125. The van der Waals surface area contributed by atoms with Gasteiger partial charge in [0.1, 0.15) is 17.2 Å². The zero-order valence-electron chi connectivity index (χ0n) is 12.7. The maximum atomic E-state index is 13.3. The van der Waals surface area contributed by atoms with Crippen molar-refractivity contribution in [3.63, 3.8) is 0 Å². The number of nitrogen functional groups attached to an aromatic ring is 1. The summed E-state index contributed by atoms with van der Waals surface area (Å²) in [5.74, 6) is 0.721. The average Bonchev–Trinajstić information content (AvgIpc) is 2.39. The highest BCUT2D eigenvalue weighted by atomic mass is 19.1. The molecule has 21 heavy (non-hydrogen) atoms. The molecule has 0 fully saturated rings. The van der Waals surface area contributed by atoms with Crippen LogP contribution in [0.25, 0.3) is 0 Å². The topological polar surface area (TPSA) is 51.4 Å². The zero-order chi connectivity index (χ0) is 15.6. The quantitative estimate of drug-likeness (QED) is 0.935. The summed E-state index contributed by atoms with van der Waals surface area (Å²) in [7, 11) is 1.81. The Labute approximate surface area is 124 Å². The molecule has 1 aromatic carbocycles. The van der Waals surface area contributed by atoms with Crippen LogP contribution in [0.2, 0.25) is 0 Å². The molecule has 0 saturated carbocycles. The van der Waals surface area contributed by atoms with Crippen LogP contribution in [0.4, 0.5) is 21.6 Å². The summed E-state index contributed by atoms with van der Waals surface area (Å²) in [5, 5.41) is 0. The third kappa shape index (κ3) is 3.84. The molecule has 0 bridgehead atoms. The summed E-state index contributed by atoms with van der Waals surface area (Å²) in [6, 6.07) is 9.83. The molecule has 0 atom stereocenters. The minimum Gasteiger partial charge on any atom is -0.470 e. The Bertz CT molecular complexity index is 638. The van der Waals surface area contributed by atoms with Crippen LogP contribution in [-0.2, 0) is 0 Å². The first-order chi connectivity index (χ1) is 9.76. The van der Waals surface area contributed by atoms with Gasteiger partial charge in [-0.2, -0.15) is 4.98 Å². The van der Waals surface area contributed by atoms with E-state index >= 15 is 0 Å². The van der Waals surface area contributed by atoms with Crippen molar-refractivity contribution >= 4 is 17.2 Å². The third-order valence-electron chi connectivity index (χ3n) is 2.82. The minimum atomic E-state index is -0.392. The van der Waals surface area contributed by atoms with E-state index in [0.717, 1.165) is 0 Å². The number of hydrogen-bond donors (Lipinski definition) is 1. The highest BCUT2D eigenvalue weighted by Crippen LogP contribution is 2.29. The Hall–Kier alpha value is -2.30. The monoisotopic (exact) mass is 289 g/mol. The predicted molar refractivity (Wildman–Crippen MR) is 83.5 cm³/mol. The maximum absolute atomic E-state index is 13.3. The van der Waals surface area contributed by atoms with Crippen LogP contribution < -0.4 is 15.4 Å². The standard InChI is InChI=1S/C16H20FN3O/c1-16(2,3)21-15-13(18)8-9-14(19-15)20(4)12-7-5-6-11(17)10-12/h5-10H,18H2,1-4H3. The van der Waals surface area contributed by atoms with Crippen molar-refractivity contribution in [2.45, 2.75) is 26.4 Å². The molecular formula is C16H20FN3O. The number of halogens is 1. The van der Waals surface area contributed by atoms with Gasteiger partial charge < -0.3 is 15.4 Å². The van der Waals surface area contributed by atoms with Crippen LogP contribution in [0.3, 0.4) is 0 Å². The number of ether oxygens (including phenoxy) is 1. The molecule has 0 amide bonds. The Morgan fingerprint density at radius 2 is 1.90 bits per heavy atom. The molecule has 1 aromatic heterocycles. The van der Waals surface area contributed by atoms with E-state index in [4.69, 9.17) is 10.5 Å². The Morgan fingerprint density at radius 1 is 1.19 bits per heavy atom. The lowest BCUT2D eigenvalue weighted by Gasteiger charge is -2.24. The first-order valence-electron chi connectivity index (χ1n) is 6.71. The number of nitrogens with two attached hydrogens (primary N) is 1. The van der Waals surface area contributed by atoms with Gasteiger partial charge in [0.25, 0.3) is 0 Å². The summed E-state index contributed by atoms with van der Waals surface area (Å²) >= 11 is 0. The molecule has 0 radical (unpaired) electrons. The fourth-order valence-electron chi connectivity index (χ4n) is 1.82. The molecule has 0 spiro atoms. The number of rotatable bonds is 3. The van der Waals surface area contributed by atoms with E-state index in [1.807, 2.05) is 33.9 Å². The van der Waals surface area contributed by atoms with Gasteiger partial charge in [0, 0.05) is 12.7 Å². The van der Waals surface area contributed by atoms with Gasteiger partial charge in [-0.05, 0) is 51.1 Å². The normalized spacial score (nSPS) is 11.3. The second kappa shape index (κ2) is 5.60. The summed E-state index contributed by atoms with van der Waals surface area (Å²) < 4.78 is 19.1. The van der Waals surface area contributed by atoms with Gasteiger partial charge in [0.15, 0.2) is 0 Å². The van der Waals surface area contributed by atoms with E-state index in [1.165, 1.54) is 12.1 Å². The maximum Gasteiger partial charge on any atom is 0.239 e. The number of hydrogen-bond acceptors (Lipinski definition) is 4. The number of anilines is 3. The fraction of sp³-hybridized carbons (Fsp3) is 0.312. The van der Waals surface area contributed by atoms with Gasteiger partial charge >= 0.3 is 0 Å². The molecule has 2 rings (SSSR count). The molecule has 5 heteroatoms. The van der Waals surface area contributed by atoms with Crippen LogP contribution >= 0.6 is 0 Å². The largest absolute Gasteiger partial charge is 0.470 e. The number of aromatic nitrogens is 1. The minimum absolute atomic E-state index is 0.291. The van der Waals surface area contributed by atoms with Gasteiger partial charge in [-0.15, -0.1) is 0 Å². The van der Waals surface area contributed by atoms with Crippen LogP contribution in [0.15, 0.2) is 36.4 Å². The summed E-state index contributed by atoms with van der Waals surface area (Å²) in [4.78, 5) is 6.20. The first kappa shape index (κ1) is 15.1. The van der Waals surface area contributed by atoms with E-state index in [0.29, 0.717) is 23.1 Å². The van der Waals surface area contributed by atoms with E-state index < -0.39 is 5.60 Å². The Kier molecular flexibility index (Phi) is 4.02. The highest BCUT2D eigenvalue weighted by Gasteiger charge is 2.16. The predicted octanol–water partition coefficient (Wildman–Crippen LogP) is 3.75. The number of pyridine rings is 1. The molecule has 0 aliphatic heterocycles. The van der Waals surface area contributed by atoms with Crippen molar-refractivity contribution in [3.05, 3.63) is 42.2 Å². The number of nitrogens with zero attached hydrogens (tertiary/aromatic N) is 2. The average molecular weight is 289 g/mol. The fourth-order valence-corrected chi connectivity index (χ4v) is 1.82. The Morgan fingerprint density at radius 3 is 2.52 bits per heavy atom. The van der Waals surface area contributed by atoms with Gasteiger partial charge in [-0.1, -0.05) is 6.07 Å². The van der Waals surface area contributed by atoms with Gasteiger partial charge in [0.05, 0.1) is 5.69 Å². The van der Waals surface area contributed by atoms with Crippen LogP contribution in [-0.4, -0.2) is 17.6 Å². The van der Waals surface area contributed by atoms with E-state index in [9.17, 15) is 4.39 Å². The second-order valence-corrected chi connectivity index (χ2v) is 5.82. The van der Waals surface area contributed by atoms with Crippen molar-refractivity contribution < 1.29 is 9.13 Å². The highest BCUT2D eigenvalue weighted by molar-refractivity contribution is 5.62. The molecule has 2 aromatic rings. The van der Waals surface area contributed by atoms with E-state index in [-0.39, 0.29) is 5.82 Å². The van der Waals surface area contributed by atoms with Crippen molar-refractivity contribution in [1.29, 1.82) is 0 Å². The second-order valence-electron chi connectivity index (χ2n) is 5.82. The van der Waals surface area contributed by atoms with Crippen molar-refractivity contribution in [1.82, 2.24) is 4.98 Å². The summed E-state index contributed by atoms with van der Waals surface area (Å²) in [5.41, 5.74) is 6.68. The molecule has 4 nitrogen and oxygen atoms in total. The molecule has 0 aliphatic carbocycles. The molecule has 0 unspecified atom stereocenters. The van der Waals surface area contributed by atoms with Gasteiger partial charge in [0.2, 0.25) is 5.88 Å². The molecule has 0 aliphatic rings. The van der Waals surface area contributed by atoms with Gasteiger partial charge in [-0.3, -0.25) is 0 Å². The molecule has 1 heterocycles. The summed E-state index contributed by atoms with van der Waals surface area (Å²) in [6.45, 7) is 5.78. The van der Waals surface area contributed by atoms with Crippen molar-refractivity contribution in [3.8, 4) is 5.88 Å².